The van der Waals surface area contributed by atoms with Crippen molar-refractivity contribution in [3.63, 3.8) is 0 Å². The second-order valence-corrected chi connectivity index (χ2v) is 8.89. The molecule has 0 bridgehead atoms. The summed E-state index contributed by atoms with van der Waals surface area (Å²) in [6.45, 7) is 6.26. The minimum absolute atomic E-state index is 0.0735. The number of rotatable bonds is 6. The Hall–Kier alpha value is -2.67. The summed E-state index contributed by atoms with van der Waals surface area (Å²) in [6.07, 6.45) is 3.83. The van der Waals surface area contributed by atoms with Gasteiger partial charge in [-0.25, -0.2) is 4.98 Å². The zero-order valence-corrected chi connectivity index (χ0v) is 18.3. The van der Waals surface area contributed by atoms with Gasteiger partial charge in [0, 0.05) is 30.6 Å². The minimum atomic E-state index is -0.118. The van der Waals surface area contributed by atoms with Crippen LogP contribution in [0.15, 0.2) is 34.4 Å². The number of fused-ring (bicyclic) bond motifs is 1. The normalized spacial score (nSPS) is 16.7. The van der Waals surface area contributed by atoms with Gasteiger partial charge in [0.25, 0.3) is 5.56 Å². The maximum atomic E-state index is 12.7. The van der Waals surface area contributed by atoms with Crippen LogP contribution in [0.2, 0.25) is 0 Å². The van der Waals surface area contributed by atoms with Gasteiger partial charge in [0.1, 0.15) is 4.70 Å². The van der Waals surface area contributed by atoms with E-state index >= 15 is 0 Å². The molecule has 0 radical (unpaired) electrons. The molecule has 6 nitrogen and oxygen atoms in total. The molecule has 30 heavy (non-hydrogen) atoms. The molecule has 1 aliphatic heterocycles. The van der Waals surface area contributed by atoms with E-state index in [1.807, 2.05) is 10.3 Å². The number of aromatic amines is 1. The van der Waals surface area contributed by atoms with Gasteiger partial charge in [-0.05, 0) is 31.7 Å². The number of carbonyl (C=O) groups is 1. The van der Waals surface area contributed by atoms with Crippen LogP contribution in [0.3, 0.4) is 0 Å². The summed E-state index contributed by atoms with van der Waals surface area (Å²) in [5.41, 5.74) is 3.85. The highest BCUT2D eigenvalue weighted by atomic mass is 32.1. The van der Waals surface area contributed by atoms with Gasteiger partial charge in [0.2, 0.25) is 11.9 Å². The van der Waals surface area contributed by atoms with E-state index in [4.69, 9.17) is 4.98 Å². The van der Waals surface area contributed by atoms with E-state index in [9.17, 15) is 9.59 Å². The van der Waals surface area contributed by atoms with Crippen molar-refractivity contribution in [3.05, 3.63) is 45.6 Å². The summed E-state index contributed by atoms with van der Waals surface area (Å²) < 4.78 is 0.639. The van der Waals surface area contributed by atoms with Crippen molar-refractivity contribution in [1.29, 1.82) is 0 Å². The summed E-state index contributed by atoms with van der Waals surface area (Å²) in [7, 11) is 0. The minimum Gasteiger partial charge on any atom is -0.356 e. The number of aryl methyl sites for hydroxylation is 1. The first-order valence-electron chi connectivity index (χ1n) is 10.7. The van der Waals surface area contributed by atoms with Crippen LogP contribution >= 0.6 is 11.3 Å². The molecule has 7 heteroatoms. The molecule has 2 aromatic heterocycles. The number of thiophene rings is 1. The Labute approximate surface area is 180 Å². The number of carbonyl (C=O) groups excluding carboxylic acids is 1. The highest BCUT2D eigenvalue weighted by molar-refractivity contribution is 7.17. The maximum Gasteiger partial charge on any atom is 0.270 e. The quantitative estimate of drug-likeness (QED) is 0.584. The van der Waals surface area contributed by atoms with E-state index in [1.165, 1.54) is 16.9 Å². The molecule has 2 N–H and O–H groups in total. The third kappa shape index (κ3) is 4.26. The lowest BCUT2D eigenvalue weighted by Gasteiger charge is -2.32. The van der Waals surface area contributed by atoms with Crippen molar-refractivity contribution >= 4 is 33.4 Å². The predicted octanol–water partition coefficient (Wildman–Crippen LogP) is 4.09. The van der Waals surface area contributed by atoms with Gasteiger partial charge < -0.3 is 10.2 Å². The molecule has 0 saturated carbocycles. The van der Waals surface area contributed by atoms with Gasteiger partial charge in [0.15, 0.2) is 0 Å². The lowest BCUT2D eigenvalue weighted by atomic mass is 9.97. The lowest BCUT2D eigenvalue weighted by molar-refractivity contribution is -0.125. The summed E-state index contributed by atoms with van der Waals surface area (Å²) in [4.78, 5) is 35.1. The smallest absolute Gasteiger partial charge is 0.270 e. The standard InChI is InChI=1S/C23H28N4O2S/c1-3-4-11-24-21(28)17-6-5-12-27(13-17)23-25-19-18(14-30-20(19)22(29)26-23)16-9-7-15(2)8-10-16/h7-10,14,17H,3-6,11-13H2,1-2H3,(H,24,28)(H,25,26,29)/t17-/m0/s1. The van der Waals surface area contributed by atoms with Crippen LogP contribution in [-0.4, -0.2) is 35.5 Å². The first-order chi connectivity index (χ1) is 14.6. The van der Waals surface area contributed by atoms with Crippen molar-refractivity contribution in [2.75, 3.05) is 24.5 Å². The monoisotopic (exact) mass is 424 g/mol. The van der Waals surface area contributed by atoms with Crippen molar-refractivity contribution in [2.24, 2.45) is 5.92 Å². The van der Waals surface area contributed by atoms with E-state index in [2.05, 4.69) is 48.4 Å². The Bertz CT molecular complexity index is 1090. The molecule has 1 aliphatic rings. The fourth-order valence-corrected chi connectivity index (χ4v) is 4.83. The molecule has 1 amide bonds. The Balaban J connectivity index is 1.61. The van der Waals surface area contributed by atoms with E-state index in [0.29, 0.717) is 17.2 Å². The molecule has 3 aromatic rings. The fraction of sp³-hybridized carbons (Fsp3) is 0.435. The Morgan fingerprint density at radius 2 is 2.13 bits per heavy atom. The van der Waals surface area contributed by atoms with Crippen molar-refractivity contribution in [3.8, 4) is 11.1 Å². The molecule has 0 unspecified atom stereocenters. The number of nitrogens with one attached hydrogen (secondary N) is 2. The molecule has 1 aromatic carbocycles. The number of nitrogens with zero attached hydrogens (tertiary/aromatic N) is 2. The first kappa shape index (κ1) is 20.6. The van der Waals surface area contributed by atoms with Crippen molar-refractivity contribution < 1.29 is 4.79 Å². The number of hydrogen-bond acceptors (Lipinski definition) is 5. The average Bonchev–Trinajstić information content (AvgIpc) is 3.19. The van der Waals surface area contributed by atoms with Crippen LogP contribution < -0.4 is 15.8 Å². The van der Waals surface area contributed by atoms with E-state index in [-0.39, 0.29) is 17.4 Å². The number of anilines is 1. The molecule has 0 spiro atoms. The second kappa shape index (κ2) is 9.00. The largest absolute Gasteiger partial charge is 0.356 e. The lowest BCUT2D eigenvalue weighted by Crippen LogP contribution is -2.44. The van der Waals surface area contributed by atoms with Crippen LogP contribution in [-0.2, 0) is 4.79 Å². The van der Waals surface area contributed by atoms with E-state index < -0.39 is 0 Å². The highest BCUT2D eigenvalue weighted by Crippen LogP contribution is 2.32. The number of amides is 1. The molecular formula is C23H28N4O2S. The third-order valence-corrected chi connectivity index (χ3v) is 6.67. The summed E-state index contributed by atoms with van der Waals surface area (Å²) in [5, 5.41) is 5.04. The Kier molecular flexibility index (Phi) is 6.18. The maximum absolute atomic E-state index is 12.7. The first-order valence-corrected chi connectivity index (χ1v) is 11.6. The molecule has 4 rings (SSSR count). The number of unbranched alkanes of at least 4 members (excludes halogenated alkanes) is 1. The molecule has 3 heterocycles. The van der Waals surface area contributed by atoms with Crippen LogP contribution in [0, 0.1) is 12.8 Å². The molecule has 1 saturated heterocycles. The van der Waals surface area contributed by atoms with Crippen LogP contribution in [0.4, 0.5) is 5.95 Å². The third-order valence-electron chi connectivity index (χ3n) is 5.70. The summed E-state index contributed by atoms with van der Waals surface area (Å²) in [5.74, 6) is 0.591. The Morgan fingerprint density at radius 3 is 2.90 bits per heavy atom. The number of benzene rings is 1. The molecule has 1 fully saturated rings. The van der Waals surface area contributed by atoms with Crippen LogP contribution in [0.25, 0.3) is 21.3 Å². The van der Waals surface area contributed by atoms with E-state index in [1.54, 1.807) is 0 Å². The number of aromatic nitrogens is 2. The van der Waals surface area contributed by atoms with Gasteiger partial charge in [-0.1, -0.05) is 43.2 Å². The zero-order valence-electron chi connectivity index (χ0n) is 17.5. The van der Waals surface area contributed by atoms with Gasteiger partial charge in [-0.2, -0.15) is 0 Å². The SMILES string of the molecule is CCCCNC(=O)[C@H]1CCCN(c2nc3c(-c4ccc(C)cc4)csc3c(=O)[nH]2)C1. The average molecular weight is 425 g/mol. The second-order valence-electron chi connectivity index (χ2n) is 8.01. The number of piperidine rings is 1. The van der Waals surface area contributed by atoms with E-state index in [0.717, 1.165) is 55.4 Å². The number of H-pyrrole nitrogens is 1. The van der Waals surface area contributed by atoms with Gasteiger partial charge >= 0.3 is 0 Å². The van der Waals surface area contributed by atoms with Gasteiger partial charge in [-0.3, -0.25) is 14.6 Å². The topological polar surface area (TPSA) is 78.1 Å². The Morgan fingerprint density at radius 1 is 1.33 bits per heavy atom. The molecule has 158 valence electrons. The molecule has 0 aliphatic carbocycles. The summed E-state index contributed by atoms with van der Waals surface area (Å²) in [6, 6.07) is 8.27. The van der Waals surface area contributed by atoms with Gasteiger partial charge in [-0.15, -0.1) is 11.3 Å². The number of hydrogen-bond donors (Lipinski definition) is 2. The molecular weight excluding hydrogens is 396 g/mol. The van der Waals surface area contributed by atoms with Crippen LogP contribution in [0.5, 0.6) is 0 Å². The van der Waals surface area contributed by atoms with Crippen molar-refractivity contribution in [2.45, 2.75) is 39.5 Å². The zero-order chi connectivity index (χ0) is 21.1. The predicted molar refractivity (Wildman–Crippen MR) is 123 cm³/mol. The van der Waals surface area contributed by atoms with Crippen molar-refractivity contribution in [1.82, 2.24) is 15.3 Å². The fourth-order valence-electron chi connectivity index (χ4n) is 3.92. The van der Waals surface area contributed by atoms with Gasteiger partial charge in [0.05, 0.1) is 11.4 Å². The highest BCUT2D eigenvalue weighted by Gasteiger charge is 2.27. The molecule has 1 atom stereocenters. The summed E-state index contributed by atoms with van der Waals surface area (Å²) >= 11 is 1.42. The van der Waals surface area contributed by atoms with Crippen LogP contribution in [0.1, 0.15) is 38.2 Å².